The molecular weight excluding hydrogens is 491 g/mol. The summed E-state index contributed by atoms with van der Waals surface area (Å²) in [6, 6.07) is 16.7. The van der Waals surface area contributed by atoms with E-state index in [4.69, 9.17) is 28.9 Å². The number of carbonyl (C=O) groups is 1. The van der Waals surface area contributed by atoms with Crippen molar-refractivity contribution in [3.05, 3.63) is 75.5 Å². The number of rotatable bonds is 10. The number of unbranched alkanes of at least 4 members (excludes halogenated alkanes) is 2. The SMILES string of the molecule is Cc1ccc2ccccc2c1/C=C/c1n(CCCCCC(=O)NCCN)c2cc(Cl)c(Cl)cc2[n+]1C. The average Bonchev–Trinajstić information content (AvgIpc) is 3.12. The summed E-state index contributed by atoms with van der Waals surface area (Å²) in [5.41, 5.74) is 9.97. The molecule has 0 spiro atoms. The number of fused-ring (bicyclic) bond motifs is 2. The Hall–Kier alpha value is -2.86. The van der Waals surface area contributed by atoms with E-state index < -0.39 is 0 Å². The fraction of sp³-hybridized carbons (Fsp3) is 0.310. The van der Waals surface area contributed by atoms with Gasteiger partial charge in [0.25, 0.3) is 5.82 Å². The van der Waals surface area contributed by atoms with Crippen molar-refractivity contribution in [1.29, 1.82) is 0 Å². The molecule has 4 rings (SSSR count). The van der Waals surface area contributed by atoms with Crippen LogP contribution in [0.3, 0.4) is 0 Å². The van der Waals surface area contributed by atoms with Gasteiger partial charge in [-0.25, -0.2) is 9.13 Å². The third-order valence-electron chi connectivity index (χ3n) is 6.63. The number of nitrogens with two attached hydrogens (primary N) is 1. The molecule has 1 aromatic heterocycles. The number of aromatic nitrogens is 2. The van der Waals surface area contributed by atoms with Crippen molar-refractivity contribution >= 4 is 63.1 Å². The summed E-state index contributed by atoms with van der Waals surface area (Å²) < 4.78 is 4.46. The van der Waals surface area contributed by atoms with E-state index in [0.29, 0.717) is 29.6 Å². The summed E-state index contributed by atoms with van der Waals surface area (Å²) in [6.07, 6.45) is 7.64. The van der Waals surface area contributed by atoms with Crippen LogP contribution in [0.2, 0.25) is 10.0 Å². The number of hydrogen-bond acceptors (Lipinski definition) is 2. The number of amides is 1. The summed E-state index contributed by atoms with van der Waals surface area (Å²) >= 11 is 12.8. The molecule has 1 heterocycles. The molecule has 0 aliphatic rings. The van der Waals surface area contributed by atoms with E-state index in [1.54, 1.807) is 0 Å². The molecule has 0 saturated heterocycles. The molecule has 36 heavy (non-hydrogen) atoms. The van der Waals surface area contributed by atoms with Gasteiger partial charge in [-0.15, -0.1) is 0 Å². The van der Waals surface area contributed by atoms with Gasteiger partial charge in [0, 0.05) is 37.7 Å². The van der Waals surface area contributed by atoms with E-state index in [9.17, 15) is 4.79 Å². The summed E-state index contributed by atoms with van der Waals surface area (Å²) in [7, 11) is 2.06. The number of imidazole rings is 1. The number of nitrogens with one attached hydrogen (secondary N) is 1. The second-order valence-electron chi connectivity index (χ2n) is 9.12. The smallest absolute Gasteiger partial charge is 0.282 e. The Kier molecular flexibility index (Phi) is 8.68. The lowest BCUT2D eigenvalue weighted by Gasteiger charge is -2.06. The summed E-state index contributed by atoms with van der Waals surface area (Å²) in [4.78, 5) is 11.9. The van der Waals surface area contributed by atoms with Gasteiger partial charge in [-0.2, -0.15) is 0 Å². The number of halogens is 2. The maximum atomic E-state index is 11.9. The van der Waals surface area contributed by atoms with E-state index in [1.807, 2.05) is 12.1 Å². The molecule has 188 valence electrons. The molecule has 0 bridgehead atoms. The highest BCUT2D eigenvalue weighted by Crippen LogP contribution is 2.29. The van der Waals surface area contributed by atoms with Crippen LogP contribution in [-0.2, 0) is 18.4 Å². The van der Waals surface area contributed by atoms with Gasteiger partial charge in [0.2, 0.25) is 5.91 Å². The molecule has 0 fully saturated rings. The molecule has 0 unspecified atom stereocenters. The van der Waals surface area contributed by atoms with Crippen LogP contribution in [0.4, 0.5) is 0 Å². The molecule has 4 aromatic rings. The van der Waals surface area contributed by atoms with Gasteiger partial charge in [-0.05, 0) is 54.2 Å². The molecule has 1 amide bonds. The van der Waals surface area contributed by atoms with E-state index >= 15 is 0 Å². The molecule has 5 nitrogen and oxygen atoms in total. The normalized spacial score (nSPS) is 11.7. The van der Waals surface area contributed by atoms with Gasteiger partial charge in [-0.3, -0.25) is 4.79 Å². The van der Waals surface area contributed by atoms with Gasteiger partial charge < -0.3 is 11.1 Å². The standard InChI is InChI=1S/C29H32Cl2N4O/c1-20-11-12-21-8-5-6-9-23(21)22(20)13-14-29-34(2)26-18-24(30)25(31)19-27(26)35(29)17-7-3-4-10-28(36)33-16-15-32/h5-6,8-9,11-14,18-19H,3-4,7,10,15-17,32H2,1-2H3/p+1/b14-13+. The van der Waals surface area contributed by atoms with E-state index in [2.05, 4.69) is 77.0 Å². The number of nitrogens with zero attached hydrogens (tertiary/aromatic N) is 2. The Balaban J connectivity index is 1.63. The second kappa shape index (κ2) is 11.9. The van der Waals surface area contributed by atoms with Crippen molar-refractivity contribution in [1.82, 2.24) is 9.88 Å². The van der Waals surface area contributed by atoms with Crippen LogP contribution in [-0.4, -0.2) is 23.6 Å². The predicted molar refractivity (Wildman–Crippen MR) is 151 cm³/mol. The highest BCUT2D eigenvalue weighted by molar-refractivity contribution is 6.42. The minimum absolute atomic E-state index is 0.0637. The molecule has 3 N–H and O–H groups in total. The Labute approximate surface area is 222 Å². The third kappa shape index (κ3) is 5.75. The zero-order valence-electron chi connectivity index (χ0n) is 20.9. The number of aryl methyl sites for hydroxylation is 3. The Morgan fingerprint density at radius 2 is 1.83 bits per heavy atom. The van der Waals surface area contributed by atoms with E-state index in [0.717, 1.165) is 42.7 Å². The minimum Gasteiger partial charge on any atom is -0.355 e. The van der Waals surface area contributed by atoms with Gasteiger partial charge >= 0.3 is 0 Å². The Morgan fingerprint density at radius 3 is 2.64 bits per heavy atom. The second-order valence-corrected chi connectivity index (χ2v) is 9.94. The van der Waals surface area contributed by atoms with Gasteiger partial charge in [0.15, 0.2) is 11.0 Å². The number of carbonyl (C=O) groups excluding carboxylic acids is 1. The van der Waals surface area contributed by atoms with Crippen molar-refractivity contribution in [2.45, 2.75) is 39.2 Å². The van der Waals surface area contributed by atoms with E-state index in [-0.39, 0.29) is 5.91 Å². The van der Waals surface area contributed by atoms with Crippen molar-refractivity contribution in [2.24, 2.45) is 12.8 Å². The van der Waals surface area contributed by atoms with Gasteiger partial charge in [0.05, 0.1) is 23.6 Å². The molecular formula is C29H33Cl2N4O+. The zero-order valence-corrected chi connectivity index (χ0v) is 22.4. The first kappa shape index (κ1) is 26.2. The highest BCUT2D eigenvalue weighted by Gasteiger charge is 2.22. The highest BCUT2D eigenvalue weighted by atomic mass is 35.5. The lowest BCUT2D eigenvalue weighted by molar-refractivity contribution is -0.647. The first-order valence-electron chi connectivity index (χ1n) is 12.4. The third-order valence-corrected chi connectivity index (χ3v) is 7.35. The number of benzene rings is 3. The Morgan fingerprint density at radius 1 is 1.06 bits per heavy atom. The van der Waals surface area contributed by atoms with Crippen LogP contribution in [0, 0.1) is 6.92 Å². The minimum atomic E-state index is 0.0637. The fourth-order valence-corrected chi connectivity index (χ4v) is 5.01. The molecule has 3 aromatic carbocycles. The Bertz CT molecular complexity index is 1420. The molecule has 0 aliphatic heterocycles. The lowest BCUT2D eigenvalue weighted by Crippen LogP contribution is -2.31. The van der Waals surface area contributed by atoms with Gasteiger partial charge in [-0.1, -0.05) is 59.6 Å². The topological polar surface area (TPSA) is 63.9 Å². The van der Waals surface area contributed by atoms with Crippen LogP contribution in [0.15, 0.2) is 48.5 Å². The van der Waals surface area contributed by atoms with Crippen LogP contribution in [0.25, 0.3) is 34.0 Å². The van der Waals surface area contributed by atoms with Crippen LogP contribution in [0.5, 0.6) is 0 Å². The monoisotopic (exact) mass is 523 g/mol. The maximum Gasteiger partial charge on any atom is 0.282 e. The van der Waals surface area contributed by atoms with Crippen molar-refractivity contribution in [3.63, 3.8) is 0 Å². The largest absolute Gasteiger partial charge is 0.355 e. The predicted octanol–water partition coefficient (Wildman–Crippen LogP) is 6.04. The van der Waals surface area contributed by atoms with Crippen LogP contribution >= 0.6 is 23.2 Å². The van der Waals surface area contributed by atoms with Crippen molar-refractivity contribution < 1.29 is 9.36 Å². The van der Waals surface area contributed by atoms with Gasteiger partial charge in [0.1, 0.15) is 0 Å². The fourth-order valence-electron chi connectivity index (χ4n) is 4.69. The summed E-state index contributed by atoms with van der Waals surface area (Å²) in [5.74, 6) is 1.13. The van der Waals surface area contributed by atoms with Crippen molar-refractivity contribution in [2.75, 3.05) is 13.1 Å². The van der Waals surface area contributed by atoms with Crippen LogP contribution in [0.1, 0.15) is 42.6 Å². The lowest BCUT2D eigenvalue weighted by atomic mass is 9.99. The first-order valence-corrected chi connectivity index (χ1v) is 13.2. The van der Waals surface area contributed by atoms with Crippen molar-refractivity contribution in [3.8, 4) is 0 Å². The maximum absolute atomic E-state index is 11.9. The molecule has 7 heteroatoms. The first-order chi connectivity index (χ1) is 17.4. The quantitative estimate of drug-likeness (QED) is 0.196. The number of hydrogen-bond donors (Lipinski definition) is 2. The molecule has 0 saturated carbocycles. The van der Waals surface area contributed by atoms with Crippen LogP contribution < -0.4 is 15.6 Å². The molecule has 0 aliphatic carbocycles. The molecule has 0 atom stereocenters. The van der Waals surface area contributed by atoms with E-state index in [1.165, 1.54) is 21.9 Å². The summed E-state index contributed by atoms with van der Waals surface area (Å²) in [6.45, 7) is 3.95. The summed E-state index contributed by atoms with van der Waals surface area (Å²) in [5, 5.41) is 6.37. The zero-order chi connectivity index (χ0) is 25.7. The molecule has 0 radical (unpaired) electrons. The average molecular weight is 525 g/mol.